The summed E-state index contributed by atoms with van der Waals surface area (Å²) in [5.74, 6) is 0. The van der Waals surface area contributed by atoms with Crippen LogP contribution in [0.3, 0.4) is 0 Å². The van der Waals surface area contributed by atoms with E-state index in [-0.39, 0.29) is 0 Å². The molecule has 0 aliphatic heterocycles. The van der Waals surface area contributed by atoms with Crippen molar-refractivity contribution in [1.29, 1.82) is 0 Å². The molecule has 0 radical (unpaired) electrons. The van der Waals surface area contributed by atoms with Gasteiger partial charge in [0.25, 0.3) is 0 Å². The van der Waals surface area contributed by atoms with E-state index in [1.54, 1.807) is 6.92 Å². The second kappa shape index (κ2) is 4.55. The zero-order valence-electron chi connectivity index (χ0n) is 10.5. The topological polar surface area (TPSA) is 55.2 Å². The third-order valence-electron chi connectivity index (χ3n) is 2.72. The molecule has 0 N–H and O–H groups in total. The lowest BCUT2D eigenvalue weighted by Crippen LogP contribution is -2.29. The number of aromatic nitrogens is 2. The highest BCUT2D eigenvalue weighted by Crippen LogP contribution is 2.22. The van der Waals surface area contributed by atoms with Crippen LogP contribution in [-0.2, 0) is 10.2 Å². The van der Waals surface area contributed by atoms with Gasteiger partial charge in [-0.25, -0.2) is 8.96 Å². The molecule has 1 aromatic heterocycles. The molecule has 5 nitrogen and oxygen atoms in total. The second-order valence-electron chi connectivity index (χ2n) is 4.13. The minimum absolute atomic E-state index is 0.606. The van der Waals surface area contributed by atoms with Crippen molar-refractivity contribution in [2.75, 3.05) is 14.1 Å². The summed E-state index contributed by atoms with van der Waals surface area (Å²) in [7, 11) is -0.513. The van der Waals surface area contributed by atoms with Crippen LogP contribution in [0.2, 0.25) is 0 Å². The van der Waals surface area contributed by atoms with Gasteiger partial charge < -0.3 is 0 Å². The van der Waals surface area contributed by atoms with Gasteiger partial charge in [0.05, 0.1) is 11.4 Å². The molecule has 18 heavy (non-hydrogen) atoms. The summed E-state index contributed by atoms with van der Waals surface area (Å²) in [6.07, 6.45) is 1.34. The number of benzene rings is 1. The Labute approximate surface area is 107 Å². The van der Waals surface area contributed by atoms with E-state index in [1.165, 1.54) is 24.4 Å². The van der Waals surface area contributed by atoms with Gasteiger partial charge in [0.1, 0.15) is 6.33 Å². The normalized spacial score (nSPS) is 12.0. The summed E-state index contributed by atoms with van der Waals surface area (Å²) >= 11 is 0. The summed E-state index contributed by atoms with van der Waals surface area (Å²) in [4.78, 5) is 4.19. The number of nitrogens with zero attached hydrogens (tertiary/aromatic N) is 3. The molecule has 1 aromatic carbocycles. The molecule has 2 aromatic rings. The first kappa shape index (κ1) is 12.8. The van der Waals surface area contributed by atoms with E-state index < -0.39 is 10.2 Å². The van der Waals surface area contributed by atoms with Crippen molar-refractivity contribution in [3.63, 3.8) is 0 Å². The van der Waals surface area contributed by atoms with Crippen LogP contribution in [0.25, 0.3) is 11.3 Å². The van der Waals surface area contributed by atoms with Crippen LogP contribution >= 0.6 is 0 Å². The van der Waals surface area contributed by atoms with E-state index in [9.17, 15) is 8.42 Å². The predicted molar refractivity (Wildman–Crippen MR) is 70.4 cm³/mol. The molecular weight excluding hydrogens is 250 g/mol. The van der Waals surface area contributed by atoms with E-state index in [4.69, 9.17) is 0 Å². The van der Waals surface area contributed by atoms with E-state index in [1.807, 2.05) is 30.3 Å². The fraction of sp³-hybridized carbons (Fsp3) is 0.250. The predicted octanol–water partition coefficient (Wildman–Crippen LogP) is 1.51. The van der Waals surface area contributed by atoms with Gasteiger partial charge in [0.15, 0.2) is 0 Å². The Morgan fingerprint density at radius 3 is 2.33 bits per heavy atom. The minimum Gasteiger partial charge on any atom is -0.235 e. The molecule has 0 amide bonds. The van der Waals surface area contributed by atoms with Gasteiger partial charge in [-0.05, 0) is 6.92 Å². The molecule has 2 rings (SSSR count). The molecule has 0 fully saturated rings. The highest BCUT2D eigenvalue weighted by molar-refractivity contribution is 7.87. The van der Waals surface area contributed by atoms with Crippen molar-refractivity contribution in [1.82, 2.24) is 13.3 Å². The molecule has 96 valence electrons. The molecule has 0 aliphatic carbocycles. The number of imidazole rings is 1. The van der Waals surface area contributed by atoms with E-state index >= 15 is 0 Å². The maximum absolute atomic E-state index is 12.0. The fourth-order valence-corrected chi connectivity index (χ4v) is 2.63. The van der Waals surface area contributed by atoms with Crippen LogP contribution in [0.5, 0.6) is 0 Å². The molecule has 6 heteroatoms. The average Bonchev–Trinajstić information content (AvgIpc) is 2.72. The lowest BCUT2D eigenvalue weighted by atomic mass is 10.1. The number of hydrogen-bond donors (Lipinski definition) is 0. The molecule has 0 saturated carbocycles. The van der Waals surface area contributed by atoms with Gasteiger partial charge >= 0.3 is 10.2 Å². The summed E-state index contributed by atoms with van der Waals surface area (Å²) < 4.78 is 26.4. The highest BCUT2D eigenvalue weighted by Gasteiger charge is 2.20. The van der Waals surface area contributed by atoms with E-state index in [2.05, 4.69) is 4.98 Å². The molecule has 0 aliphatic rings. The summed E-state index contributed by atoms with van der Waals surface area (Å²) in [6, 6.07) is 9.51. The molecule has 0 unspecified atom stereocenters. The number of hydrogen-bond acceptors (Lipinski definition) is 3. The van der Waals surface area contributed by atoms with Crippen LogP contribution in [0.15, 0.2) is 36.7 Å². The van der Waals surface area contributed by atoms with Crippen molar-refractivity contribution in [2.24, 2.45) is 0 Å². The quantitative estimate of drug-likeness (QED) is 0.845. The van der Waals surface area contributed by atoms with Gasteiger partial charge in [-0.2, -0.15) is 12.7 Å². The van der Waals surface area contributed by atoms with Crippen molar-refractivity contribution in [2.45, 2.75) is 6.92 Å². The second-order valence-corrected chi connectivity index (χ2v) is 6.15. The molecule has 0 saturated heterocycles. The first-order valence-electron chi connectivity index (χ1n) is 5.47. The fourth-order valence-electron chi connectivity index (χ4n) is 1.68. The SMILES string of the molecule is Cc1c(-c2ccccc2)ncn1S(=O)(=O)N(C)C. The van der Waals surface area contributed by atoms with Gasteiger partial charge in [-0.1, -0.05) is 30.3 Å². The van der Waals surface area contributed by atoms with E-state index in [0.717, 1.165) is 9.87 Å². The van der Waals surface area contributed by atoms with Gasteiger partial charge in [-0.3, -0.25) is 0 Å². The molecule has 0 bridgehead atoms. The third-order valence-corrected chi connectivity index (χ3v) is 4.51. The Morgan fingerprint density at radius 2 is 1.78 bits per heavy atom. The van der Waals surface area contributed by atoms with Crippen LogP contribution in [0, 0.1) is 6.92 Å². The largest absolute Gasteiger partial charge is 0.308 e. The first-order chi connectivity index (χ1) is 8.44. The van der Waals surface area contributed by atoms with Gasteiger partial charge in [0, 0.05) is 19.7 Å². The van der Waals surface area contributed by atoms with Crippen LogP contribution in [0.1, 0.15) is 5.69 Å². The summed E-state index contributed by atoms with van der Waals surface area (Å²) in [6.45, 7) is 1.75. The van der Waals surface area contributed by atoms with Crippen molar-refractivity contribution in [3.05, 3.63) is 42.4 Å². The lowest BCUT2D eigenvalue weighted by molar-refractivity contribution is 0.509. The van der Waals surface area contributed by atoms with Crippen molar-refractivity contribution in [3.8, 4) is 11.3 Å². The van der Waals surface area contributed by atoms with Gasteiger partial charge in [-0.15, -0.1) is 0 Å². The zero-order valence-corrected chi connectivity index (χ0v) is 11.3. The zero-order chi connectivity index (χ0) is 13.3. The summed E-state index contributed by atoms with van der Waals surface area (Å²) in [5, 5.41) is 0. The summed E-state index contributed by atoms with van der Waals surface area (Å²) in [5.41, 5.74) is 2.19. The smallest absolute Gasteiger partial charge is 0.235 e. The van der Waals surface area contributed by atoms with Crippen molar-refractivity contribution >= 4 is 10.2 Å². The Kier molecular flexibility index (Phi) is 3.23. The van der Waals surface area contributed by atoms with E-state index in [0.29, 0.717) is 11.4 Å². The van der Waals surface area contributed by atoms with Crippen LogP contribution < -0.4 is 0 Å². The molecule has 1 heterocycles. The third kappa shape index (κ3) is 2.04. The maximum atomic E-state index is 12.0. The van der Waals surface area contributed by atoms with Gasteiger partial charge in [0.2, 0.25) is 0 Å². The first-order valence-corrected chi connectivity index (χ1v) is 6.86. The Morgan fingerprint density at radius 1 is 1.17 bits per heavy atom. The Bertz CT molecular complexity index is 645. The highest BCUT2D eigenvalue weighted by atomic mass is 32.2. The minimum atomic E-state index is -3.51. The maximum Gasteiger partial charge on any atom is 0.308 e. The number of rotatable bonds is 3. The Hall–Kier alpha value is -1.66. The van der Waals surface area contributed by atoms with Crippen LogP contribution in [0.4, 0.5) is 0 Å². The lowest BCUT2D eigenvalue weighted by Gasteiger charge is -2.13. The molecule has 0 atom stereocenters. The standard InChI is InChI=1S/C12H15N3O2S/c1-10-12(11-7-5-4-6-8-11)13-9-15(10)18(16,17)14(2)3/h4-9H,1-3H3. The van der Waals surface area contributed by atoms with Crippen molar-refractivity contribution < 1.29 is 8.42 Å². The molecular formula is C12H15N3O2S. The molecule has 0 spiro atoms. The Balaban J connectivity index is 2.55. The average molecular weight is 265 g/mol. The monoisotopic (exact) mass is 265 g/mol. The van der Waals surface area contributed by atoms with Crippen LogP contribution in [-0.4, -0.2) is 35.8 Å².